The number of carbonyl (C=O) groups excluding carboxylic acids is 1. The molecule has 2 aromatic rings. The zero-order chi connectivity index (χ0) is 21.3. The van der Waals surface area contributed by atoms with Crippen molar-refractivity contribution in [3.63, 3.8) is 0 Å². The van der Waals surface area contributed by atoms with Gasteiger partial charge in [0.1, 0.15) is 5.76 Å². The molecule has 2 heterocycles. The zero-order valence-electron chi connectivity index (χ0n) is 18.1. The Bertz CT molecular complexity index is 838. The number of hydrogen-bond acceptors (Lipinski definition) is 5. The highest BCUT2D eigenvalue weighted by atomic mass is 16.5. The number of piperazine rings is 1. The van der Waals surface area contributed by atoms with Gasteiger partial charge in [0.25, 0.3) is 0 Å². The van der Waals surface area contributed by atoms with Crippen molar-refractivity contribution < 1.29 is 9.32 Å². The van der Waals surface area contributed by atoms with E-state index >= 15 is 0 Å². The molecule has 0 unspecified atom stereocenters. The fraction of sp³-hybridized carbons (Fsp3) is 0.500. The van der Waals surface area contributed by atoms with Crippen LogP contribution in [0.2, 0.25) is 0 Å². The van der Waals surface area contributed by atoms with Gasteiger partial charge in [-0.3, -0.25) is 4.79 Å². The maximum Gasteiger partial charge on any atom is 0.239 e. The highest BCUT2D eigenvalue weighted by molar-refractivity contribution is 5.82. The molecule has 1 aliphatic rings. The van der Waals surface area contributed by atoms with Crippen molar-refractivity contribution >= 4 is 17.6 Å². The van der Waals surface area contributed by atoms with E-state index in [1.807, 2.05) is 0 Å². The van der Waals surface area contributed by atoms with Crippen LogP contribution in [-0.4, -0.2) is 43.2 Å². The van der Waals surface area contributed by atoms with Crippen LogP contribution >= 0.6 is 0 Å². The number of amides is 1. The Morgan fingerprint density at radius 3 is 2.67 bits per heavy atom. The summed E-state index contributed by atoms with van der Waals surface area (Å²) in [7, 11) is 0. The number of benzene rings is 1. The number of carbonyl (C=O) groups is 1. The fourth-order valence-corrected chi connectivity index (χ4v) is 3.49. The summed E-state index contributed by atoms with van der Waals surface area (Å²) in [6.07, 6.45) is 1.67. The van der Waals surface area contributed by atoms with Gasteiger partial charge in [-0.15, -0.1) is 0 Å². The minimum atomic E-state index is 0.0709. The monoisotopic (exact) mass is 412 g/mol. The number of nitrogens with one attached hydrogen (secondary N) is 3. The van der Waals surface area contributed by atoms with Crippen molar-refractivity contribution in [3.8, 4) is 0 Å². The van der Waals surface area contributed by atoms with Crippen LogP contribution in [0.5, 0.6) is 0 Å². The summed E-state index contributed by atoms with van der Waals surface area (Å²) in [5.41, 5.74) is 4.30. The first-order chi connectivity index (χ1) is 14.6. The molecule has 1 aliphatic heterocycles. The fourth-order valence-electron chi connectivity index (χ4n) is 3.49. The average Bonchev–Trinajstić information content (AvgIpc) is 3.18. The molecule has 1 saturated heterocycles. The third-order valence-corrected chi connectivity index (χ3v) is 5.14. The first-order valence-electron chi connectivity index (χ1n) is 10.7. The molecule has 8 nitrogen and oxygen atoms in total. The molecule has 3 N–H and O–H groups in total. The van der Waals surface area contributed by atoms with E-state index in [4.69, 9.17) is 9.52 Å². The molecular weight excluding hydrogens is 380 g/mol. The van der Waals surface area contributed by atoms with Gasteiger partial charge in [-0.2, -0.15) is 0 Å². The van der Waals surface area contributed by atoms with Gasteiger partial charge in [-0.05, 0) is 31.0 Å². The van der Waals surface area contributed by atoms with Gasteiger partial charge >= 0.3 is 0 Å². The highest BCUT2D eigenvalue weighted by Gasteiger charge is 2.16. The third kappa shape index (κ3) is 5.52. The van der Waals surface area contributed by atoms with Crippen molar-refractivity contribution in [3.05, 3.63) is 46.8 Å². The summed E-state index contributed by atoms with van der Waals surface area (Å²) in [4.78, 5) is 18.4. The summed E-state index contributed by atoms with van der Waals surface area (Å²) in [5.74, 6) is 1.76. The number of nitrogens with zero attached hydrogens (tertiary/aromatic N) is 3. The van der Waals surface area contributed by atoms with Crippen LogP contribution in [0.15, 0.2) is 33.8 Å². The molecule has 1 amide bonds. The van der Waals surface area contributed by atoms with Crippen LogP contribution in [0.25, 0.3) is 0 Å². The molecule has 162 valence electrons. The third-order valence-electron chi connectivity index (χ3n) is 5.14. The number of guanidine groups is 1. The lowest BCUT2D eigenvalue weighted by molar-refractivity contribution is -0.120. The second-order valence-electron chi connectivity index (χ2n) is 7.22. The quantitative estimate of drug-likeness (QED) is 0.453. The minimum Gasteiger partial charge on any atom is -0.361 e. The standard InChI is InChI=1S/C22H32N6O2/c1-4-19-18(20(5-2)30-27-19)14-26-22(23-6-3)25-13-16-7-9-17(10-8-16)28-12-11-24-21(29)15-28/h7-10H,4-6,11-15H2,1-3H3,(H,24,29)(H2,23,25,26). The molecule has 0 bridgehead atoms. The summed E-state index contributed by atoms with van der Waals surface area (Å²) in [5, 5.41) is 13.7. The van der Waals surface area contributed by atoms with E-state index < -0.39 is 0 Å². The van der Waals surface area contributed by atoms with Gasteiger partial charge in [0.15, 0.2) is 5.96 Å². The average molecular weight is 413 g/mol. The van der Waals surface area contributed by atoms with E-state index in [0.29, 0.717) is 26.2 Å². The Kier molecular flexibility index (Phi) is 7.70. The Morgan fingerprint density at radius 1 is 1.20 bits per heavy atom. The van der Waals surface area contributed by atoms with E-state index in [1.54, 1.807) is 0 Å². The Morgan fingerprint density at radius 2 is 2.00 bits per heavy atom. The lowest BCUT2D eigenvalue weighted by Crippen LogP contribution is -2.47. The number of anilines is 1. The van der Waals surface area contributed by atoms with Gasteiger partial charge in [0.2, 0.25) is 5.91 Å². The van der Waals surface area contributed by atoms with Crippen molar-refractivity contribution in [2.75, 3.05) is 31.1 Å². The van der Waals surface area contributed by atoms with E-state index in [9.17, 15) is 4.79 Å². The zero-order valence-corrected chi connectivity index (χ0v) is 18.1. The summed E-state index contributed by atoms with van der Waals surface area (Å²) < 4.78 is 5.45. The summed E-state index contributed by atoms with van der Waals surface area (Å²) in [6, 6.07) is 8.25. The lowest BCUT2D eigenvalue weighted by atomic mass is 10.1. The molecule has 0 spiro atoms. The topological polar surface area (TPSA) is 94.8 Å². The predicted octanol–water partition coefficient (Wildman–Crippen LogP) is 1.99. The number of rotatable bonds is 8. The summed E-state index contributed by atoms with van der Waals surface area (Å²) in [6.45, 7) is 10.1. The van der Waals surface area contributed by atoms with Crippen molar-refractivity contribution in [2.24, 2.45) is 4.99 Å². The molecule has 0 radical (unpaired) electrons. The first kappa shape index (κ1) is 21.7. The predicted molar refractivity (Wildman–Crippen MR) is 119 cm³/mol. The maximum atomic E-state index is 11.6. The minimum absolute atomic E-state index is 0.0709. The molecule has 0 aliphatic carbocycles. The van der Waals surface area contributed by atoms with Gasteiger partial charge in [0.05, 0.1) is 18.8 Å². The second kappa shape index (κ2) is 10.7. The first-order valence-corrected chi connectivity index (χ1v) is 10.7. The van der Waals surface area contributed by atoms with E-state index in [1.165, 1.54) is 0 Å². The van der Waals surface area contributed by atoms with Crippen LogP contribution in [-0.2, 0) is 30.7 Å². The van der Waals surface area contributed by atoms with Crippen LogP contribution < -0.4 is 20.9 Å². The Balaban J connectivity index is 1.62. The molecule has 1 fully saturated rings. The maximum absolute atomic E-state index is 11.6. The molecule has 1 aromatic carbocycles. The highest BCUT2D eigenvalue weighted by Crippen LogP contribution is 2.17. The Labute approximate surface area is 178 Å². The second-order valence-corrected chi connectivity index (χ2v) is 7.22. The number of aryl methyl sites for hydroxylation is 2. The molecular formula is C22H32N6O2. The lowest BCUT2D eigenvalue weighted by Gasteiger charge is -2.28. The molecule has 30 heavy (non-hydrogen) atoms. The van der Waals surface area contributed by atoms with Crippen LogP contribution in [0.4, 0.5) is 5.69 Å². The number of aromatic nitrogens is 1. The number of hydrogen-bond donors (Lipinski definition) is 3. The van der Waals surface area contributed by atoms with Gasteiger partial charge in [0, 0.05) is 43.9 Å². The van der Waals surface area contributed by atoms with Crippen molar-refractivity contribution in [2.45, 2.75) is 46.7 Å². The van der Waals surface area contributed by atoms with Gasteiger partial charge in [-0.25, -0.2) is 4.99 Å². The molecule has 1 aromatic heterocycles. The summed E-state index contributed by atoms with van der Waals surface area (Å²) >= 11 is 0. The van der Waals surface area contributed by atoms with E-state index in [2.05, 4.69) is 71.0 Å². The van der Waals surface area contributed by atoms with Gasteiger partial charge < -0.3 is 25.4 Å². The molecule has 0 atom stereocenters. The Hall–Kier alpha value is -3.03. The van der Waals surface area contributed by atoms with Crippen LogP contribution in [0.3, 0.4) is 0 Å². The normalized spacial score (nSPS) is 14.6. The van der Waals surface area contributed by atoms with Crippen molar-refractivity contribution in [1.82, 2.24) is 21.1 Å². The van der Waals surface area contributed by atoms with Crippen molar-refractivity contribution in [1.29, 1.82) is 0 Å². The van der Waals surface area contributed by atoms with E-state index in [-0.39, 0.29) is 5.91 Å². The SMILES string of the molecule is CCNC(=NCc1ccc(N2CCNC(=O)C2)cc1)NCc1c(CC)noc1CC. The van der Waals surface area contributed by atoms with Crippen LogP contribution in [0, 0.1) is 0 Å². The molecule has 8 heteroatoms. The van der Waals surface area contributed by atoms with E-state index in [0.717, 1.165) is 60.2 Å². The largest absolute Gasteiger partial charge is 0.361 e. The smallest absolute Gasteiger partial charge is 0.239 e. The molecule has 0 saturated carbocycles. The van der Waals surface area contributed by atoms with Crippen LogP contribution in [0.1, 0.15) is 43.4 Å². The van der Waals surface area contributed by atoms with Gasteiger partial charge in [-0.1, -0.05) is 31.1 Å². The molecule has 3 rings (SSSR count). The number of aliphatic imine (C=N–C) groups is 1.